The maximum Gasteiger partial charge on any atom is 0.340 e. The van der Waals surface area contributed by atoms with Crippen molar-refractivity contribution in [1.29, 1.82) is 0 Å². The highest BCUT2D eigenvalue weighted by Crippen LogP contribution is 2.22. The summed E-state index contributed by atoms with van der Waals surface area (Å²) in [4.78, 5) is 20.5. The summed E-state index contributed by atoms with van der Waals surface area (Å²) in [6.45, 7) is 3.19. The lowest BCUT2D eigenvalue weighted by Crippen LogP contribution is -2.30. The summed E-state index contributed by atoms with van der Waals surface area (Å²) in [5.74, 6) is 0.864. The van der Waals surface area contributed by atoms with Gasteiger partial charge in [0, 0.05) is 41.5 Å². The SMILES string of the molecule is CCCCn1c(-c2ccc(Cl)cc2)nn(CCC(=O)NNc2nc(-c3ccncc3)no2)c1=S. The van der Waals surface area contributed by atoms with Crippen LogP contribution in [0.1, 0.15) is 26.2 Å². The molecule has 3 aromatic heterocycles. The highest BCUT2D eigenvalue weighted by atomic mass is 35.5. The van der Waals surface area contributed by atoms with Gasteiger partial charge in [-0.2, -0.15) is 10.1 Å². The number of nitrogens with zero attached hydrogens (tertiary/aromatic N) is 6. The van der Waals surface area contributed by atoms with E-state index in [-0.39, 0.29) is 18.3 Å². The molecule has 0 aliphatic heterocycles. The Balaban J connectivity index is 1.39. The number of rotatable bonds is 10. The Bertz CT molecular complexity index is 1300. The van der Waals surface area contributed by atoms with E-state index >= 15 is 0 Å². The number of unbranched alkanes of at least 4 members (excludes halogenated alkanes) is 1. The normalized spacial score (nSPS) is 10.9. The van der Waals surface area contributed by atoms with Crippen molar-refractivity contribution in [3.63, 3.8) is 0 Å². The molecular formula is C22H23ClN8O2S. The second-order valence-electron chi connectivity index (χ2n) is 7.42. The van der Waals surface area contributed by atoms with Gasteiger partial charge in [0.15, 0.2) is 10.6 Å². The maximum absolute atomic E-state index is 12.4. The van der Waals surface area contributed by atoms with Crippen LogP contribution in [0, 0.1) is 4.77 Å². The fourth-order valence-corrected chi connectivity index (χ4v) is 3.64. The number of hydrazine groups is 1. The van der Waals surface area contributed by atoms with Crippen LogP contribution >= 0.6 is 23.8 Å². The van der Waals surface area contributed by atoms with E-state index in [1.54, 1.807) is 29.2 Å². The van der Waals surface area contributed by atoms with Gasteiger partial charge in [0.1, 0.15) is 0 Å². The predicted molar refractivity (Wildman–Crippen MR) is 130 cm³/mol. The molecule has 0 radical (unpaired) electrons. The van der Waals surface area contributed by atoms with Crippen LogP contribution in [-0.4, -0.2) is 35.4 Å². The summed E-state index contributed by atoms with van der Waals surface area (Å²) >= 11 is 11.7. The van der Waals surface area contributed by atoms with E-state index in [0.717, 1.165) is 36.3 Å². The summed E-state index contributed by atoms with van der Waals surface area (Å²) in [7, 11) is 0. The molecule has 4 rings (SSSR count). The lowest BCUT2D eigenvalue weighted by atomic mass is 10.2. The van der Waals surface area contributed by atoms with Crippen LogP contribution in [0.15, 0.2) is 53.3 Å². The van der Waals surface area contributed by atoms with Crippen molar-refractivity contribution in [1.82, 2.24) is 34.9 Å². The van der Waals surface area contributed by atoms with Crippen molar-refractivity contribution in [2.24, 2.45) is 0 Å². The average Bonchev–Trinajstić information content (AvgIpc) is 3.46. The van der Waals surface area contributed by atoms with Crippen molar-refractivity contribution >= 4 is 35.7 Å². The average molecular weight is 499 g/mol. The van der Waals surface area contributed by atoms with E-state index in [4.69, 9.17) is 28.3 Å². The van der Waals surface area contributed by atoms with Gasteiger partial charge in [-0.15, -0.1) is 0 Å². The monoisotopic (exact) mass is 498 g/mol. The molecular weight excluding hydrogens is 476 g/mol. The largest absolute Gasteiger partial charge is 0.340 e. The number of aryl methyl sites for hydroxylation is 1. The zero-order valence-electron chi connectivity index (χ0n) is 18.4. The van der Waals surface area contributed by atoms with Gasteiger partial charge in [-0.3, -0.25) is 19.8 Å². The zero-order chi connectivity index (χ0) is 23.9. The Kier molecular flexibility index (Phi) is 7.65. The Morgan fingerprint density at radius 3 is 2.62 bits per heavy atom. The molecule has 0 aliphatic rings. The second-order valence-corrected chi connectivity index (χ2v) is 8.23. The Morgan fingerprint density at radius 2 is 1.88 bits per heavy atom. The first-order valence-electron chi connectivity index (χ1n) is 10.8. The number of benzene rings is 1. The highest BCUT2D eigenvalue weighted by molar-refractivity contribution is 7.71. The number of aromatic nitrogens is 6. The third-order valence-electron chi connectivity index (χ3n) is 4.98. The van der Waals surface area contributed by atoms with Crippen LogP contribution in [0.5, 0.6) is 0 Å². The summed E-state index contributed by atoms with van der Waals surface area (Å²) in [6, 6.07) is 11.1. The van der Waals surface area contributed by atoms with Gasteiger partial charge < -0.3 is 4.52 Å². The Hall–Kier alpha value is -3.57. The van der Waals surface area contributed by atoms with Crippen LogP contribution in [-0.2, 0) is 17.9 Å². The minimum absolute atomic E-state index is 0.0747. The molecule has 0 fully saturated rings. The molecule has 0 saturated heterocycles. The molecule has 0 spiro atoms. The molecule has 0 saturated carbocycles. The molecule has 10 nitrogen and oxygen atoms in total. The highest BCUT2D eigenvalue weighted by Gasteiger charge is 2.14. The predicted octanol–water partition coefficient (Wildman–Crippen LogP) is 4.51. The van der Waals surface area contributed by atoms with E-state index in [2.05, 4.69) is 38.0 Å². The van der Waals surface area contributed by atoms with Crippen molar-refractivity contribution < 1.29 is 9.32 Å². The van der Waals surface area contributed by atoms with Crippen LogP contribution in [0.2, 0.25) is 5.02 Å². The first kappa shape index (κ1) is 23.6. The third-order valence-corrected chi connectivity index (χ3v) is 5.67. The number of nitrogens with one attached hydrogen (secondary N) is 2. The number of halogens is 1. The van der Waals surface area contributed by atoms with E-state index in [1.807, 2.05) is 28.8 Å². The Labute approximate surface area is 205 Å². The number of pyridine rings is 1. The van der Waals surface area contributed by atoms with Crippen LogP contribution in [0.3, 0.4) is 0 Å². The minimum atomic E-state index is -0.276. The second kappa shape index (κ2) is 11.0. The lowest BCUT2D eigenvalue weighted by Gasteiger charge is -2.06. The standard InChI is InChI=1S/C22H23ClN8O2S/c1-2-3-13-30-20(16-4-6-17(23)7-5-16)28-31(22(30)34)14-10-18(32)26-27-21-25-19(29-33-21)15-8-11-24-12-9-15/h4-9,11-12H,2-3,10,13-14H2,1H3,(H,26,32)(H,25,27,29). The molecule has 0 aliphatic carbocycles. The van der Waals surface area contributed by atoms with Crippen LogP contribution in [0.4, 0.5) is 6.01 Å². The van der Waals surface area contributed by atoms with Crippen molar-refractivity contribution in [2.45, 2.75) is 39.3 Å². The van der Waals surface area contributed by atoms with Gasteiger partial charge in [-0.1, -0.05) is 30.1 Å². The smallest absolute Gasteiger partial charge is 0.313 e. The van der Waals surface area contributed by atoms with E-state index < -0.39 is 0 Å². The fraction of sp³-hybridized carbons (Fsp3) is 0.273. The van der Waals surface area contributed by atoms with Crippen LogP contribution in [0.25, 0.3) is 22.8 Å². The Morgan fingerprint density at radius 1 is 1.12 bits per heavy atom. The molecule has 0 unspecified atom stereocenters. The number of hydrogen-bond donors (Lipinski definition) is 2. The quantitative estimate of drug-likeness (QED) is 0.242. The van der Waals surface area contributed by atoms with Gasteiger partial charge in [0.2, 0.25) is 11.7 Å². The van der Waals surface area contributed by atoms with Crippen molar-refractivity contribution in [3.05, 3.63) is 58.6 Å². The third kappa shape index (κ3) is 5.67. The van der Waals surface area contributed by atoms with E-state index in [1.165, 1.54) is 0 Å². The minimum Gasteiger partial charge on any atom is -0.313 e. The molecule has 4 aromatic rings. The first-order chi connectivity index (χ1) is 16.5. The van der Waals surface area contributed by atoms with Crippen molar-refractivity contribution in [3.8, 4) is 22.8 Å². The molecule has 176 valence electrons. The number of amides is 1. The van der Waals surface area contributed by atoms with E-state index in [0.29, 0.717) is 22.2 Å². The number of hydrogen-bond acceptors (Lipinski definition) is 8. The van der Waals surface area contributed by atoms with Crippen molar-refractivity contribution in [2.75, 3.05) is 5.43 Å². The summed E-state index contributed by atoms with van der Waals surface area (Å²) in [5.41, 5.74) is 6.85. The topological polar surface area (TPSA) is 116 Å². The summed E-state index contributed by atoms with van der Waals surface area (Å²) in [5, 5.41) is 9.20. The molecule has 1 amide bonds. The lowest BCUT2D eigenvalue weighted by molar-refractivity contribution is -0.120. The van der Waals surface area contributed by atoms with Gasteiger partial charge in [0.25, 0.3) is 0 Å². The molecule has 0 bridgehead atoms. The number of carbonyl (C=O) groups is 1. The molecule has 1 aromatic carbocycles. The molecule has 12 heteroatoms. The molecule has 2 N–H and O–H groups in total. The molecule has 3 heterocycles. The van der Waals surface area contributed by atoms with Crippen LogP contribution < -0.4 is 10.9 Å². The van der Waals surface area contributed by atoms with Gasteiger partial charge >= 0.3 is 6.01 Å². The van der Waals surface area contributed by atoms with E-state index in [9.17, 15) is 4.79 Å². The van der Waals surface area contributed by atoms with Gasteiger partial charge in [-0.25, -0.2) is 10.1 Å². The first-order valence-corrected chi connectivity index (χ1v) is 11.6. The molecule has 0 atom stereocenters. The summed E-state index contributed by atoms with van der Waals surface area (Å²) < 4.78 is 9.35. The van der Waals surface area contributed by atoms with Gasteiger partial charge in [-0.05, 0) is 55.0 Å². The summed E-state index contributed by atoms with van der Waals surface area (Å²) in [6.07, 6.45) is 5.41. The number of anilines is 1. The maximum atomic E-state index is 12.4. The molecule has 34 heavy (non-hydrogen) atoms. The fourth-order valence-electron chi connectivity index (χ4n) is 3.20. The van der Waals surface area contributed by atoms with Gasteiger partial charge in [0.05, 0.1) is 6.54 Å². The zero-order valence-corrected chi connectivity index (χ0v) is 20.0. The number of carbonyl (C=O) groups excluding carboxylic acids is 1.